The number of nitrogens with zero attached hydrogens (tertiary/aromatic N) is 1. The van der Waals surface area contributed by atoms with E-state index in [1.165, 1.54) is 31.7 Å². The van der Waals surface area contributed by atoms with Gasteiger partial charge in [-0.25, -0.2) is 4.39 Å². The molecule has 0 saturated heterocycles. The van der Waals surface area contributed by atoms with Gasteiger partial charge in [0.1, 0.15) is 5.82 Å². The zero-order chi connectivity index (χ0) is 14.2. The van der Waals surface area contributed by atoms with Gasteiger partial charge >= 0.3 is 0 Å². The zero-order valence-electron chi connectivity index (χ0n) is 12.6. The number of halogens is 2. The fourth-order valence-electron chi connectivity index (χ4n) is 2.24. The second-order valence-electron chi connectivity index (χ2n) is 5.39. The van der Waals surface area contributed by atoms with E-state index in [9.17, 15) is 4.39 Å². The molecule has 0 unspecified atom stereocenters. The molecule has 0 amide bonds. The number of rotatable bonds is 7. The summed E-state index contributed by atoms with van der Waals surface area (Å²) in [6.07, 6.45) is 6.16. The number of hydrogen-bond donors (Lipinski definition) is 2. The quantitative estimate of drug-likeness (QED) is 0.316. The Labute approximate surface area is 143 Å². The lowest BCUT2D eigenvalue weighted by Gasteiger charge is -2.11. The van der Waals surface area contributed by atoms with E-state index in [4.69, 9.17) is 0 Å². The van der Waals surface area contributed by atoms with Gasteiger partial charge in [0.25, 0.3) is 0 Å². The van der Waals surface area contributed by atoms with Crippen LogP contribution < -0.4 is 10.6 Å². The Balaban J connectivity index is 0.00000220. The fourth-order valence-corrected chi connectivity index (χ4v) is 2.24. The standard InChI is InChI=1S/C16H24FN3.HI/c1-18-16(19-10-3-5-13-7-8-13)20-11-9-14-4-2-6-15(17)12-14;/h2,4,6,12-13H,3,5,7-11H2,1H3,(H2,18,19,20);1H. The summed E-state index contributed by atoms with van der Waals surface area (Å²) >= 11 is 0. The molecule has 0 radical (unpaired) electrons. The minimum absolute atomic E-state index is 0. The molecule has 1 aromatic rings. The molecule has 1 aliphatic carbocycles. The first kappa shape index (κ1) is 18.2. The highest BCUT2D eigenvalue weighted by Crippen LogP contribution is 2.33. The lowest BCUT2D eigenvalue weighted by molar-refractivity contribution is 0.624. The number of guanidine groups is 1. The van der Waals surface area contributed by atoms with Gasteiger partial charge in [0, 0.05) is 20.1 Å². The van der Waals surface area contributed by atoms with Crippen molar-refractivity contribution < 1.29 is 4.39 Å². The molecule has 1 fully saturated rings. The molecule has 21 heavy (non-hydrogen) atoms. The number of nitrogens with one attached hydrogen (secondary N) is 2. The van der Waals surface area contributed by atoms with E-state index in [0.29, 0.717) is 0 Å². The molecule has 2 rings (SSSR count). The topological polar surface area (TPSA) is 36.4 Å². The second kappa shape index (κ2) is 9.97. The molecular weight excluding hydrogens is 380 g/mol. The van der Waals surface area contributed by atoms with Crippen LogP contribution in [-0.4, -0.2) is 26.1 Å². The van der Waals surface area contributed by atoms with Crippen LogP contribution in [0.25, 0.3) is 0 Å². The van der Waals surface area contributed by atoms with Crippen LogP contribution in [0.1, 0.15) is 31.2 Å². The highest BCUT2D eigenvalue weighted by Gasteiger charge is 2.19. The molecule has 1 aliphatic rings. The predicted octanol–water partition coefficient (Wildman–Crippen LogP) is 3.34. The summed E-state index contributed by atoms with van der Waals surface area (Å²) in [5.74, 6) is 1.64. The molecule has 5 heteroatoms. The van der Waals surface area contributed by atoms with E-state index in [1.54, 1.807) is 19.2 Å². The van der Waals surface area contributed by atoms with E-state index < -0.39 is 0 Å². The van der Waals surface area contributed by atoms with Crippen molar-refractivity contribution in [2.75, 3.05) is 20.1 Å². The summed E-state index contributed by atoms with van der Waals surface area (Å²) < 4.78 is 13.0. The van der Waals surface area contributed by atoms with Crippen molar-refractivity contribution in [3.05, 3.63) is 35.6 Å². The van der Waals surface area contributed by atoms with Crippen LogP contribution in [0.15, 0.2) is 29.3 Å². The maximum absolute atomic E-state index is 13.0. The highest BCUT2D eigenvalue weighted by molar-refractivity contribution is 14.0. The minimum atomic E-state index is -0.176. The van der Waals surface area contributed by atoms with Gasteiger partial charge < -0.3 is 10.6 Å². The van der Waals surface area contributed by atoms with Gasteiger partial charge in [-0.15, -0.1) is 24.0 Å². The van der Waals surface area contributed by atoms with Gasteiger partial charge in [-0.05, 0) is 42.9 Å². The molecular formula is C16H25FIN3. The predicted molar refractivity (Wildman–Crippen MR) is 96.8 cm³/mol. The molecule has 2 N–H and O–H groups in total. The Morgan fingerprint density at radius 3 is 2.71 bits per heavy atom. The second-order valence-corrected chi connectivity index (χ2v) is 5.39. The van der Waals surface area contributed by atoms with Crippen LogP contribution in [0.3, 0.4) is 0 Å². The summed E-state index contributed by atoms with van der Waals surface area (Å²) in [6, 6.07) is 6.73. The molecule has 0 aromatic heterocycles. The Kier molecular flexibility index (Phi) is 8.64. The van der Waals surface area contributed by atoms with Crippen LogP contribution in [0.2, 0.25) is 0 Å². The van der Waals surface area contributed by atoms with Gasteiger partial charge in [0.2, 0.25) is 0 Å². The van der Waals surface area contributed by atoms with Gasteiger partial charge in [-0.1, -0.05) is 25.0 Å². The SMILES string of the molecule is CN=C(NCCCC1CC1)NCCc1cccc(F)c1.I. The molecule has 1 aromatic carbocycles. The van der Waals surface area contributed by atoms with Crippen molar-refractivity contribution >= 4 is 29.9 Å². The maximum atomic E-state index is 13.0. The molecule has 0 spiro atoms. The van der Waals surface area contributed by atoms with E-state index in [1.807, 2.05) is 6.07 Å². The maximum Gasteiger partial charge on any atom is 0.190 e. The molecule has 3 nitrogen and oxygen atoms in total. The van der Waals surface area contributed by atoms with Gasteiger partial charge in [0.05, 0.1) is 0 Å². The average Bonchev–Trinajstić information content (AvgIpc) is 3.26. The Bertz CT molecular complexity index is 447. The van der Waals surface area contributed by atoms with Gasteiger partial charge in [-0.3, -0.25) is 4.99 Å². The molecule has 118 valence electrons. The van der Waals surface area contributed by atoms with Crippen LogP contribution in [0, 0.1) is 11.7 Å². The first-order valence-electron chi connectivity index (χ1n) is 7.47. The molecule has 1 saturated carbocycles. The first-order valence-corrected chi connectivity index (χ1v) is 7.47. The third kappa shape index (κ3) is 7.64. The summed E-state index contributed by atoms with van der Waals surface area (Å²) in [4.78, 5) is 4.19. The fraction of sp³-hybridized carbons (Fsp3) is 0.562. The number of benzene rings is 1. The van der Waals surface area contributed by atoms with Gasteiger partial charge in [-0.2, -0.15) is 0 Å². The Morgan fingerprint density at radius 1 is 1.29 bits per heavy atom. The lowest BCUT2D eigenvalue weighted by atomic mass is 10.1. The molecule has 0 atom stereocenters. The van der Waals surface area contributed by atoms with E-state index >= 15 is 0 Å². The van der Waals surface area contributed by atoms with Crippen LogP contribution in [0.4, 0.5) is 4.39 Å². The lowest BCUT2D eigenvalue weighted by Crippen LogP contribution is -2.38. The third-order valence-electron chi connectivity index (χ3n) is 3.60. The number of hydrogen-bond acceptors (Lipinski definition) is 1. The largest absolute Gasteiger partial charge is 0.356 e. The zero-order valence-corrected chi connectivity index (χ0v) is 14.9. The normalized spacial score (nSPS) is 14.5. The van der Waals surface area contributed by atoms with Crippen molar-refractivity contribution in [1.82, 2.24) is 10.6 Å². The molecule has 0 bridgehead atoms. The monoisotopic (exact) mass is 405 g/mol. The smallest absolute Gasteiger partial charge is 0.190 e. The summed E-state index contributed by atoms with van der Waals surface area (Å²) in [5.41, 5.74) is 1.00. The van der Waals surface area contributed by atoms with Crippen molar-refractivity contribution in [3.63, 3.8) is 0 Å². The first-order chi connectivity index (χ1) is 9.78. The summed E-state index contributed by atoms with van der Waals surface area (Å²) in [7, 11) is 1.78. The van der Waals surface area contributed by atoms with E-state index in [2.05, 4.69) is 15.6 Å². The Hall–Kier alpha value is -0.850. The van der Waals surface area contributed by atoms with E-state index in [0.717, 1.165) is 37.0 Å². The number of aliphatic imine (C=N–C) groups is 1. The summed E-state index contributed by atoms with van der Waals surface area (Å²) in [5, 5.41) is 6.57. The molecule has 0 heterocycles. The summed E-state index contributed by atoms with van der Waals surface area (Å²) in [6.45, 7) is 1.72. The Morgan fingerprint density at radius 2 is 2.05 bits per heavy atom. The molecule has 0 aliphatic heterocycles. The van der Waals surface area contributed by atoms with Crippen molar-refractivity contribution in [2.45, 2.75) is 32.1 Å². The van der Waals surface area contributed by atoms with E-state index in [-0.39, 0.29) is 29.8 Å². The highest BCUT2D eigenvalue weighted by atomic mass is 127. The van der Waals surface area contributed by atoms with Crippen molar-refractivity contribution in [3.8, 4) is 0 Å². The van der Waals surface area contributed by atoms with Crippen LogP contribution in [-0.2, 0) is 6.42 Å². The minimum Gasteiger partial charge on any atom is -0.356 e. The average molecular weight is 405 g/mol. The van der Waals surface area contributed by atoms with Crippen molar-refractivity contribution in [2.24, 2.45) is 10.9 Å². The van der Waals surface area contributed by atoms with Crippen LogP contribution in [0.5, 0.6) is 0 Å². The van der Waals surface area contributed by atoms with Crippen molar-refractivity contribution in [1.29, 1.82) is 0 Å². The third-order valence-corrected chi connectivity index (χ3v) is 3.60. The van der Waals surface area contributed by atoms with Gasteiger partial charge in [0.15, 0.2) is 5.96 Å². The van der Waals surface area contributed by atoms with Crippen LogP contribution >= 0.6 is 24.0 Å².